The molecule has 2 unspecified atom stereocenters. The molecule has 18 heavy (non-hydrogen) atoms. The molecule has 2 N–H and O–H groups in total. The number of rotatable bonds is 1. The van der Waals surface area contributed by atoms with Gasteiger partial charge in [0, 0.05) is 11.8 Å². The van der Waals surface area contributed by atoms with Gasteiger partial charge in [-0.1, -0.05) is 19.8 Å². The predicted molar refractivity (Wildman–Crippen MR) is 69.0 cm³/mol. The summed E-state index contributed by atoms with van der Waals surface area (Å²) in [5.74, 6) is 1.51. The Hall–Kier alpha value is -1.49. The zero-order valence-corrected chi connectivity index (χ0v) is 10.9. The first-order valence-corrected chi connectivity index (χ1v) is 6.55. The van der Waals surface area contributed by atoms with Crippen LogP contribution < -0.4 is 5.73 Å². The first kappa shape index (κ1) is 11.6. The smallest absolute Gasteiger partial charge is 0.163 e. The van der Waals surface area contributed by atoms with Gasteiger partial charge in [0.05, 0.1) is 5.54 Å². The highest BCUT2D eigenvalue weighted by Crippen LogP contribution is 2.36. The molecule has 2 atom stereocenters. The standard InChI is InChI=1S/C13H19N5/c1-9-4-3-5-13(14,7-9)12-17-16-11-6-10(2)15-8-18(11)12/h6,8-9H,3-5,7,14H2,1-2H3. The van der Waals surface area contributed by atoms with Gasteiger partial charge < -0.3 is 5.73 Å². The van der Waals surface area contributed by atoms with Crippen LogP contribution >= 0.6 is 0 Å². The Balaban J connectivity index is 2.08. The lowest BCUT2D eigenvalue weighted by Crippen LogP contribution is -2.42. The monoisotopic (exact) mass is 245 g/mol. The zero-order valence-electron chi connectivity index (χ0n) is 10.9. The number of aryl methyl sites for hydroxylation is 1. The van der Waals surface area contributed by atoms with Crippen molar-refractivity contribution in [3.8, 4) is 0 Å². The average Bonchev–Trinajstić information content (AvgIpc) is 2.72. The summed E-state index contributed by atoms with van der Waals surface area (Å²) in [6.07, 6.45) is 6.15. The second kappa shape index (κ2) is 4.02. The molecule has 2 heterocycles. The summed E-state index contributed by atoms with van der Waals surface area (Å²) in [5.41, 5.74) is 8.00. The van der Waals surface area contributed by atoms with E-state index in [4.69, 9.17) is 5.73 Å². The van der Waals surface area contributed by atoms with Crippen LogP contribution in [0.2, 0.25) is 0 Å². The Bertz CT molecular complexity index is 576. The maximum absolute atomic E-state index is 6.57. The quantitative estimate of drug-likeness (QED) is 0.831. The van der Waals surface area contributed by atoms with Crippen molar-refractivity contribution in [2.24, 2.45) is 11.7 Å². The van der Waals surface area contributed by atoms with Crippen molar-refractivity contribution in [3.63, 3.8) is 0 Å². The molecule has 96 valence electrons. The first-order valence-electron chi connectivity index (χ1n) is 6.55. The van der Waals surface area contributed by atoms with Crippen molar-refractivity contribution >= 4 is 5.65 Å². The van der Waals surface area contributed by atoms with Gasteiger partial charge in [0.15, 0.2) is 11.5 Å². The van der Waals surface area contributed by atoms with Crippen molar-refractivity contribution < 1.29 is 0 Å². The van der Waals surface area contributed by atoms with Crippen LogP contribution in [0.4, 0.5) is 0 Å². The van der Waals surface area contributed by atoms with Gasteiger partial charge in [-0.3, -0.25) is 4.40 Å². The molecule has 0 aliphatic heterocycles. The van der Waals surface area contributed by atoms with E-state index in [1.54, 1.807) is 6.33 Å². The number of nitrogens with two attached hydrogens (primary N) is 1. The van der Waals surface area contributed by atoms with Gasteiger partial charge in [-0.15, -0.1) is 10.2 Å². The summed E-state index contributed by atoms with van der Waals surface area (Å²) >= 11 is 0. The fourth-order valence-electron chi connectivity index (χ4n) is 3.02. The summed E-state index contributed by atoms with van der Waals surface area (Å²) in [4.78, 5) is 4.31. The van der Waals surface area contributed by atoms with Gasteiger partial charge in [0.25, 0.3) is 0 Å². The molecule has 3 rings (SSSR count). The second-order valence-electron chi connectivity index (χ2n) is 5.64. The first-order chi connectivity index (χ1) is 8.58. The van der Waals surface area contributed by atoms with E-state index in [-0.39, 0.29) is 5.54 Å². The Morgan fingerprint density at radius 3 is 3.06 bits per heavy atom. The van der Waals surface area contributed by atoms with Crippen molar-refractivity contribution in [1.82, 2.24) is 19.6 Å². The fourth-order valence-corrected chi connectivity index (χ4v) is 3.02. The molecular weight excluding hydrogens is 226 g/mol. The van der Waals surface area contributed by atoms with Gasteiger partial charge >= 0.3 is 0 Å². The third kappa shape index (κ3) is 1.79. The molecule has 1 aliphatic carbocycles. The molecule has 5 nitrogen and oxygen atoms in total. The van der Waals surface area contributed by atoms with Gasteiger partial charge in [0.1, 0.15) is 6.33 Å². The maximum Gasteiger partial charge on any atom is 0.163 e. The van der Waals surface area contributed by atoms with Crippen LogP contribution in [0.25, 0.3) is 5.65 Å². The number of hydrogen-bond acceptors (Lipinski definition) is 4. The van der Waals surface area contributed by atoms with Gasteiger partial charge in [-0.25, -0.2) is 4.98 Å². The molecular formula is C13H19N5. The molecule has 1 saturated carbocycles. The molecule has 2 aromatic rings. The van der Waals surface area contributed by atoms with Gasteiger partial charge in [-0.2, -0.15) is 0 Å². The predicted octanol–water partition coefficient (Wildman–Crippen LogP) is 1.80. The van der Waals surface area contributed by atoms with E-state index in [0.29, 0.717) is 5.92 Å². The zero-order chi connectivity index (χ0) is 12.8. The van der Waals surface area contributed by atoms with Crippen molar-refractivity contribution in [2.75, 3.05) is 0 Å². The van der Waals surface area contributed by atoms with E-state index >= 15 is 0 Å². The van der Waals surface area contributed by atoms with Crippen molar-refractivity contribution in [2.45, 2.75) is 45.1 Å². The summed E-state index contributed by atoms with van der Waals surface area (Å²) in [6.45, 7) is 4.21. The Morgan fingerprint density at radius 1 is 1.44 bits per heavy atom. The lowest BCUT2D eigenvalue weighted by Gasteiger charge is -2.35. The third-order valence-corrected chi connectivity index (χ3v) is 3.91. The van der Waals surface area contributed by atoms with Crippen LogP contribution in [0.1, 0.15) is 44.1 Å². The van der Waals surface area contributed by atoms with E-state index in [1.807, 2.05) is 17.4 Å². The lowest BCUT2D eigenvalue weighted by molar-refractivity contribution is 0.226. The van der Waals surface area contributed by atoms with Crippen LogP contribution in [0.15, 0.2) is 12.4 Å². The SMILES string of the molecule is Cc1cc2nnc(C3(N)CCCC(C)C3)n2cn1. The molecule has 1 aliphatic rings. The molecule has 2 aromatic heterocycles. The van der Waals surface area contributed by atoms with Crippen LogP contribution in [0, 0.1) is 12.8 Å². The molecule has 0 radical (unpaired) electrons. The molecule has 0 saturated heterocycles. The minimum atomic E-state index is -0.353. The van der Waals surface area contributed by atoms with Crippen molar-refractivity contribution in [1.29, 1.82) is 0 Å². The van der Waals surface area contributed by atoms with Crippen LogP contribution in [0.3, 0.4) is 0 Å². The van der Waals surface area contributed by atoms with E-state index in [2.05, 4.69) is 22.1 Å². The minimum absolute atomic E-state index is 0.353. The average molecular weight is 245 g/mol. The summed E-state index contributed by atoms with van der Waals surface area (Å²) in [7, 11) is 0. The Morgan fingerprint density at radius 2 is 2.28 bits per heavy atom. The van der Waals surface area contributed by atoms with E-state index in [1.165, 1.54) is 6.42 Å². The van der Waals surface area contributed by atoms with Crippen LogP contribution in [-0.4, -0.2) is 19.6 Å². The van der Waals surface area contributed by atoms with Crippen LogP contribution in [0.5, 0.6) is 0 Å². The van der Waals surface area contributed by atoms with Gasteiger partial charge in [0.2, 0.25) is 0 Å². The van der Waals surface area contributed by atoms with E-state index in [0.717, 1.165) is 36.4 Å². The number of fused-ring (bicyclic) bond motifs is 1. The van der Waals surface area contributed by atoms with Gasteiger partial charge in [-0.05, 0) is 25.7 Å². The third-order valence-electron chi connectivity index (χ3n) is 3.91. The second-order valence-corrected chi connectivity index (χ2v) is 5.64. The normalized spacial score (nSPS) is 28.7. The highest BCUT2D eigenvalue weighted by molar-refractivity contribution is 5.39. The molecule has 1 fully saturated rings. The summed E-state index contributed by atoms with van der Waals surface area (Å²) < 4.78 is 1.94. The molecule has 0 aromatic carbocycles. The van der Waals surface area contributed by atoms with Crippen molar-refractivity contribution in [3.05, 3.63) is 23.9 Å². The topological polar surface area (TPSA) is 69.1 Å². The fraction of sp³-hybridized carbons (Fsp3) is 0.615. The number of hydrogen-bond donors (Lipinski definition) is 1. The summed E-state index contributed by atoms with van der Waals surface area (Å²) in [5, 5.41) is 8.53. The molecule has 5 heteroatoms. The largest absolute Gasteiger partial charge is 0.319 e. The maximum atomic E-state index is 6.57. The van der Waals surface area contributed by atoms with Crippen LogP contribution in [-0.2, 0) is 5.54 Å². The molecule has 0 amide bonds. The van der Waals surface area contributed by atoms with E-state index < -0.39 is 0 Å². The summed E-state index contributed by atoms with van der Waals surface area (Å²) in [6, 6.07) is 1.94. The highest BCUT2D eigenvalue weighted by Gasteiger charge is 2.36. The number of nitrogens with zero attached hydrogens (tertiary/aromatic N) is 4. The minimum Gasteiger partial charge on any atom is -0.319 e. The molecule has 0 spiro atoms. The number of aromatic nitrogens is 4. The Kier molecular flexibility index (Phi) is 2.59. The molecule has 0 bridgehead atoms. The highest BCUT2D eigenvalue weighted by atomic mass is 15.3. The van der Waals surface area contributed by atoms with E-state index in [9.17, 15) is 0 Å². The Labute approximate surface area is 106 Å². The lowest BCUT2D eigenvalue weighted by atomic mass is 9.76.